The van der Waals surface area contributed by atoms with Crippen molar-refractivity contribution in [3.8, 4) is 0 Å². The number of amidine groups is 1. The van der Waals surface area contributed by atoms with E-state index in [1.807, 2.05) is 0 Å². The van der Waals surface area contributed by atoms with Crippen molar-refractivity contribution in [2.45, 2.75) is 104 Å². The van der Waals surface area contributed by atoms with Crippen molar-refractivity contribution in [2.75, 3.05) is 0 Å². The molecule has 1 heterocycles. The first-order chi connectivity index (χ1) is 9.99. The lowest BCUT2D eigenvalue weighted by Crippen LogP contribution is -2.42. The van der Waals surface area contributed by atoms with Crippen LogP contribution in [0.2, 0.25) is 0 Å². The molecule has 122 valence electrons. The molecule has 0 aromatic carbocycles. The number of aliphatic imine (C=N–C) groups is 1. The molecule has 3 nitrogen and oxygen atoms in total. The number of nitrogens with zero attached hydrogens (tertiary/aromatic N) is 2. The quantitative estimate of drug-likeness (QED) is 0.743. The monoisotopic (exact) mass is 294 g/mol. The highest BCUT2D eigenvalue weighted by Gasteiger charge is 2.41. The van der Waals surface area contributed by atoms with Crippen LogP contribution in [0.4, 0.5) is 0 Å². The van der Waals surface area contributed by atoms with E-state index >= 15 is 0 Å². The molecule has 0 aromatic heterocycles. The smallest absolute Gasteiger partial charge is 0.288 e. The first-order valence-corrected chi connectivity index (χ1v) is 9.01. The minimum atomic E-state index is 0.300. The zero-order chi connectivity index (χ0) is 15.4. The molecular formula is C18H34N2O. The predicted molar refractivity (Wildman–Crippen MR) is 89.7 cm³/mol. The molecule has 2 fully saturated rings. The SMILES string of the molecule is CC1CCCCCCC2C(C1)OC(=NC(C)C)N2C(C)C. The van der Waals surface area contributed by atoms with Gasteiger partial charge in [0.05, 0.1) is 6.04 Å². The van der Waals surface area contributed by atoms with Crippen LogP contribution < -0.4 is 0 Å². The summed E-state index contributed by atoms with van der Waals surface area (Å²) < 4.78 is 6.33. The van der Waals surface area contributed by atoms with Crippen LogP contribution in [-0.4, -0.2) is 35.2 Å². The van der Waals surface area contributed by atoms with Gasteiger partial charge in [0.1, 0.15) is 6.10 Å². The van der Waals surface area contributed by atoms with Crippen LogP contribution in [0.25, 0.3) is 0 Å². The highest BCUT2D eigenvalue weighted by atomic mass is 16.5. The lowest BCUT2D eigenvalue weighted by molar-refractivity contribution is 0.138. The number of hydrogen-bond donors (Lipinski definition) is 0. The second-order valence-electron chi connectivity index (χ2n) is 7.56. The van der Waals surface area contributed by atoms with E-state index in [4.69, 9.17) is 9.73 Å². The molecule has 1 aliphatic heterocycles. The first-order valence-electron chi connectivity index (χ1n) is 9.01. The van der Waals surface area contributed by atoms with E-state index in [0.717, 1.165) is 11.9 Å². The lowest BCUT2D eigenvalue weighted by Gasteiger charge is -2.30. The van der Waals surface area contributed by atoms with E-state index in [-0.39, 0.29) is 0 Å². The second kappa shape index (κ2) is 7.51. The Kier molecular flexibility index (Phi) is 5.95. The number of ether oxygens (including phenoxy) is 1. The zero-order valence-electron chi connectivity index (χ0n) is 14.6. The van der Waals surface area contributed by atoms with Gasteiger partial charge in [0.25, 0.3) is 6.02 Å². The highest BCUT2D eigenvalue weighted by molar-refractivity contribution is 5.77. The van der Waals surface area contributed by atoms with Gasteiger partial charge in [-0.05, 0) is 46.5 Å². The number of fused-ring (bicyclic) bond motifs is 1. The molecule has 0 radical (unpaired) electrons. The maximum Gasteiger partial charge on any atom is 0.288 e. The molecule has 21 heavy (non-hydrogen) atoms. The normalized spacial score (nSPS) is 33.4. The molecule has 2 rings (SSSR count). The fourth-order valence-electron chi connectivity index (χ4n) is 3.76. The van der Waals surface area contributed by atoms with Crippen LogP contribution in [0.3, 0.4) is 0 Å². The Morgan fingerprint density at radius 3 is 2.33 bits per heavy atom. The molecular weight excluding hydrogens is 260 g/mol. The lowest BCUT2D eigenvalue weighted by atomic mass is 9.89. The van der Waals surface area contributed by atoms with Crippen LogP contribution in [0.1, 0.15) is 79.6 Å². The second-order valence-corrected chi connectivity index (χ2v) is 7.56. The maximum absolute atomic E-state index is 6.33. The summed E-state index contributed by atoms with van der Waals surface area (Å²) in [5, 5.41) is 0. The fourth-order valence-corrected chi connectivity index (χ4v) is 3.76. The van der Waals surface area contributed by atoms with Crippen molar-refractivity contribution in [1.29, 1.82) is 0 Å². The largest absolute Gasteiger partial charge is 0.460 e. The van der Waals surface area contributed by atoms with Gasteiger partial charge in [-0.1, -0.05) is 39.0 Å². The van der Waals surface area contributed by atoms with Gasteiger partial charge in [-0.3, -0.25) is 0 Å². The topological polar surface area (TPSA) is 24.8 Å². The third-order valence-corrected chi connectivity index (χ3v) is 4.77. The molecule has 3 unspecified atom stereocenters. The summed E-state index contributed by atoms with van der Waals surface area (Å²) in [6.45, 7) is 11.2. The number of hydrogen-bond acceptors (Lipinski definition) is 2. The molecule has 0 bridgehead atoms. The summed E-state index contributed by atoms with van der Waals surface area (Å²) in [7, 11) is 0. The van der Waals surface area contributed by atoms with Crippen molar-refractivity contribution in [3.63, 3.8) is 0 Å². The van der Waals surface area contributed by atoms with Crippen LogP contribution in [0, 0.1) is 5.92 Å². The summed E-state index contributed by atoms with van der Waals surface area (Å²) in [5.74, 6) is 0.767. The van der Waals surface area contributed by atoms with E-state index < -0.39 is 0 Å². The fraction of sp³-hybridized carbons (Fsp3) is 0.944. The molecule has 0 aromatic rings. The minimum Gasteiger partial charge on any atom is -0.460 e. The van der Waals surface area contributed by atoms with Gasteiger partial charge in [0, 0.05) is 12.1 Å². The summed E-state index contributed by atoms with van der Waals surface area (Å²) in [6, 6.07) is 2.20. The summed E-state index contributed by atoms with van der Waals surface area (Å²) >= 11 is 0. The molecule has 0 N–H and O–H groups in total. The predicted octanol–water partition coefficient (Wildman–Crippen LogP) is 4.61. The third kappa shape index (κ3) is 4.37. The van der Waals surface area contributed by atoms with E-state index in [9.17, 15) is 0 Å². The van der Waals surface area contributed by atoms with Crippen molar-refractivity contribution >= 4 is 6.02 Å². The van der Waals surface area contributed by atoms with Crippen molar-refractivity contribution in [2.24, 2.45) is 10.9 Å². The van der Waals surface area contributed by atoms with Gasteiger partial charge >= 0.3 is 0 Å². The van der Waals surface area contributed by atoms with E-state index in [2.05, 4.69) is 39.5 Å². The number of rotatable bonds is 2. The molecule has 1 aliphatic carbocycles. The Morgan fingerprint density at radius 1 is 1.05 bits per heavy atom. The first kappa shape index (κ1) is 16.6. The van der Waals surface area contributed by atoms with Gasteiger partial charge in [0.15, 0.2) is 0 Å². The average molecular weight is 294 g/mol. The molecule has 0 amide bonds. The molecule has 0 spiro atoms. The summed E-state index contributed by atoms with van der Waals surface area (Å²) in [5.41, 5.74) is 0. The minimum absolute atomic E-state index is 0.300. The Bertz CT molecular complexity index is 351. The highest BCUT2D eigenvalue weighted by Crippen LogP contribution is 2.33. The maximum atomic E-state index is 6.33. The van der Waals surface area contributed by atoms with Gasteiger partial charge < -0.3 is 9.64 Å². The Morgan fingerprint density at radius 2 is 1.71 bits per heavy atom. The summed E-state index contributed by atoms with van der Waals surface area (Å²) in [6.07, 6.45) is 9.63. The Balaban J connectivity index is 2.20. The molecule has 1 saturated carbocycles. The Labute approximate surface area is 131 Å². The van der Waals surface area contributed by atoms with E-state index in [1.165, 1.54) is 44.9 Å². The molecule has 3 heteroatoms. The average Bonchev–Trinajstić information content (AvgIpc) is 2.70. The van der Waals surface area contributed by atoms with Crippen molar-refractivity contribution in [1.82, 2.24) is 4.90 Å². The standard InChI is InChI=1S/C18H34N2O/c1-13(2)19-18-20(14(3)4)16-11-9-7-6-8-10-15(5)12-17(16)21-18/h13-17H,6-12H2,1-5H3. The summed E-state index contributed by atoms with van der Waals surface area (Å²) in [4.78, 5) is 7.21. The van der Waals surface area contributed by atoms with E-state index in [1.54, 1.807) is 0 Å². The van der Waals surface area contributed by atoms with Crippen LogP contribution in [0.15, 0.2) is 4.99 Å². The third-order valence-electron chi connectivity index (χ3n) is 4.77. The molecule has 2 aliphatic rings. The van der Waals surface area contributed by atoms with Crippen molar-refractivity contribution < 1.29 is 4.74 Å². The Hall–Kier alpha value is -0.730. The van der Waals surface area contributed by atoms with E-state index in [0.29, 0.717) is 24.2 Å². The zero-order valence-corrected chi connectivity index (χ0v) is 14.6. The van der Waals surface area contributed by atoms with Gasteiger partial charge in [-0.15, -0.1) is 0 Å². The van der Waals surface area contributed by atoms with Gasteiger partial charge in [0.2, 0.25) is 0 Å². The van der Waals surface area contributed by atoms with Crippen LogP contribution in [-0.2, 0) is 4.74 Å². The van der Waals surface area contributed by atoms with Crippen LogP contribution >= 0.6 is 0 Å². The molecule has 3 atom stereocenters. The van der Waals surface area contributed by atoms with Gasteiger partial charge in [-0.2, -0.15) is 0 Å². The van der Waals surface area contributed by atoms with Crippen molar-refractivity contribution in [3.05, 3.63) is 0 Å². The van der Waals surface area contributed by atoms with Crippen LogP contribution in [0.5, 0.6) is 0 Å². The van der Waals surface area contributed by atoms with Gasteiger partial charge in [-0.25, -0.2) is 4.99 Å². The molecule has 1 saturated heterocycles.